The van der Waals surface area contributed by atoms with Crippen LogP contribution in [0, 0.1) is 16.0 Å². The van der Waals surface area contributed by atoms with E-state index in [1.807, 2.05) is 33.0 Å². The number of pyridine rings is 1. The number of nitro groups is 1. The van der Waals surface area contributed by atoms with E-state index in [9.17, 15) is 28.1 Å². The van der Waals surface area contributed by atoms with Crippen molar-refractivity contribution in [2.75, 3.05) is 36.4 Å². The number of ether oxygens (including phenoxy) is 1. The van der Waals surface area contributed by atoms with Crippen molar-refractivity contribution in [1.82, 2.24) is 9.88 Å². The summed E-state index contributed by atoms with van der Waals surface area (Å²) in [4.78, 5) is 30.9. The van der Waals surface area contributed by atoms with Gasteiger partial charge < -0.3 is 19.9 Å². The van der Waals surface area contributed by atoms with E-state index in [1.54, 1.807) is 4.90 Å². The number of benzene rings is 1. The molecule has 9 nitrogen and oxygen atoms in total. The van der Waals surface area contributed by atoms with Crippen LogP contribution in [0.25, 0.3) is 0 Å². The number of rotatable bonds is 6. The highest BCUT2D eigenvalue weighted by Gasteiger charge is 2.38. The molecule has 218 valence electrons. The van der Waals surface area contributed by atoms with E-state index in [4.69, 9.17) is 4.74 Å². The van der Waals surface area contributed by atoms with E-state index in [0.29, 0.717) is 32.1 Å². The normalized spacial score (nSPS) is 20.2. The Morgan fingerprint density at radius 3 is 2.35 bits per heavy atom. The molecule has 1 saturated carbocycles. The first-order valence-electron chi connectivity index (χ1n) is 13.6. The maximum Gasteiger partial charge on any atom is 0.423 e. The molecule has 0 spiro atoms. The van der Waals surface area contributed by atoms with Crippen LogP contribution >= 0.6 is 0 Å². The van der Waals surface area contributed by atoms with Gasteiger partial charge in [-0.25, -0.2) is 4.79 Å². The Balaban J connectivity index is 1.28. The average molecular weight is 564 g/mol. The van der Waals surface area contributed by atoms with Crippen molar-refractivity contribution in [3.05, 3.63) is 57.9 Å². The summed E-state index contributed by atoms with van der Waals surface area (Å²) < 4.78 is 45.4. The maximum atomic E-state index is 13.3. The molecule has 2 aromatic rings. The van der Waals surface area contributed by atoms with Crippen molar-refractivity contribution in [3.8, 4) is 0 Å². The van der Waals surface area contributed by atoms with Crippen molar-refractivity contribution in [2.45, 2.75) is 70.7 Å². The molecule has 1 aromatic carbocycles. The smallest absolute Gasteiger partial charge is 0.423 e. The molecular weight excluding hydrogens is 527 g/mol. The quantitative estimate of drug-likeness (QED) is 0.326. The van der Waals surface area contributed by atoms with Crippen LogP contribution < -0.4 is 10.2 Å². The van der Waals surface area contributed by atoms with Gasteiger partial charge in [-0.05, 0) is 83.1 Å². The third kappa shape index (κ3) is 7.76. The number of carbonyl (C=O) groups excluding carboxylic acids is 1. The third-order valence-electron chi connectivity index (χ3n) is 7.31. The first-order chi connectivity index (χ1) is 18.8. The molecule has 0 bridgehead atoms. The summed E-state index contributed by atoms with van der Waals surface area (Å²) in [6.45, 7) is 8.15. The summed E-state index contributed by atoms with van der Waals surface area (Å²) in [6, 6.07) is 7.15. The van der Waals surface area contributed by atoms with Crippen molar-refractivity contribution < 1.29 is 27.6 Å². The van der Waals surface area contributed by atoms with Crippen molar-refractivity contribution in [3.63, 3.8) is 0 Å². The van der Waals surface area contributed by atoms with Gasteiger partial charge in [0.2, 0.25) is 0 Å². The number of hydrogen-bond donors (Lipinski definition) is 1. The van der Waals surface area contributed by atoms with Gasteiger partial charge >= 0.3 is 12.3 Å². The highest BCUT2D eigenvalue weighted by molar-refractivity contribution is 5.68. The fourth-order valence-electron chi connectivity index (χ4n) is 5.30. The van der Waals surface area contributed by atoms with Gasteiger partial charge in [0.15, 0.2) is 0 Å². The van der Waals surface area contributed by atoms with E-state index in [-0.39, 0.29) is 17.8 Å². The second-order valence-electron chi connectivity index (χ2n) is 11.5. The predicted octanol–water partition coefficient (Wildman–Crippen LogP) is 6.28. The van der Waals surface area contributed by atoms with Gasteiger partial charge in [0.25, 0.3) is 5.69 Å². The van der Waals surface area contributed by atoms with E-state index in [1.165, 1.54) is 6.07 Å². The summed E-state index contributed by atoms with van der Waals surface area (Å²) in [6.07, 6.45) is 0.908. The van der Waals surface area contributed by atoms with Crippen LogP contribution in [0.4, 0.5) is 35.0 Å². The van der Waals surface area contributed by atoms with Crippen LogP contribution in [-0.4, -0.2) is 58.7 Å². The number of anilines is 2. The topological polar surface area (TPSA) is 101 Å². The lowest BCUT2D eigenvalue weighted by Crippen LogP contribution is -2.50. The Morgan fingerprint density at radius 1 is 1.07 bits per heavy atom. The molecule has 1 saturated heterocycles. The molecule has 0 atom stereocenters. The molecule has 2 heterocycles. The van der Waals surface area contributed by atoms with E-state index in [2.05, 4.69) is 21.3 Å². The molecule has 1 amide bonds. The van der Waals surface area contributed by atoms with E-state index >= 15 is 0 Å². The molecule has 2 aliphatic rings. The largest absolute Gasteiger partial charge is 0.444 e. The molecule has 1 aliphatic heterocycles. The summed E-state index contributed by atoms with van der Waals surface area (Å²) >= 11 is 0. The number of alkyl halides is 3. The Kier molecular flexibility index (Phi) is 8.74. The van der Waals surface area contributed by atoms with Crippen molar-refractivity contribution >= 4 is 23.2 Å². The highest BCUT2D eigenvalue weighted by atomic mass is 19.4. The average Bonchev–Trinajstić information content (AvgIpc) is 2.88. The molecule has 4 rings (SSSR count). The van der Waals surface area contributed by atoms with Gasteiger partial charge in [-0.2, -0.15) is 13.2 Å². The number of hydrogen-bond acceptors (Lipinski definition) is 7. The lowest BCUT2D eigenvalue weighted by molar-refractivity contribution is -0.388. The summed E-state index contributed by atoms with van der Waals surface area (Å²) in [5.74, 6) is 0.410. The Morgan fingerprint density at radius 2 is 1.75 bits per heavy atom. The zero-order valence-corrected chi connectivity index (χ0v) is 23.0. The Labute approximate surface area is 231 Å². The Hall–Kier alpha value is -3.57. The second-order valence-corrected chi connectivity index (χ2v) is 11.5. The summed E-state index contributed by atoms with van der Waals surface area (Å²) in [5, 5.41) is 14.1. The molecule has 40 heavy (non-hydrogen) atoms. The van der Waals surface area contributed by atoms with Gasteiger partial charge in [0.05, 0.1) is 4.92 Å². The number of halogens is 3. The lowest BCUT2D eigenvalue weighted by Gasteiger charge is -2.37. The van der Waals surface area contributed by atoms with Gasteiger partial charge in [-0.15, -0.1) is 0 Å². The number of nitro benzene ring substituents is 1. The summed E-state index contributed by atoms with van der Waals surface area (Å²) in [7, 11) is 0. The van der Waals surface area contributed by atoms with E-state index in [0.717, 1.165) is 55.6 Å². The molecule has 1 N–H and O–H groups in total. The zero-order valence-electron chi connectivity index (χ0n) is 23.0. The number of aromatic nitrogens is 1. The van der Waals surface area contributed by atoms with Gasteiger partial charge in [0, 0.05) is 61.6 Å². The lowest BCUT2D eigenvalue weighted by atomic mass is 9.83. The monoisotopic (exact) mass is 563 g/mol. The summed E-state index contributed by atoms with van der Waals surface area (Å²) in [5.41, 5.74) is -0.404. The number of nitrogens with one attached hydrogen (secondary N) is 1. The predicted molar refractivity (Wildman–Crippen MR) is 145 cm³/mol. The van der Waals surface area contributed by atoms with Crippen LogP contribution in [0.2, 0.25) is 0 Å². The van der Waals surface area contributed by atoms with E-state index < -0.39 is 28.0 Å². The second kappa shape index (κ2) is 11.9. The SMILES string of the molecule is CC(C)(C)OC(=O)N1CCN(c2ccnc(CC3CCC(Nc4ccc([N+](=O)[O-])c(C(F)(F)F)c4)CC3)c2)CC1. The first kappa shape index (κ1) is 29.4. The van der Waals surface area contributed by atoms with Crippen LogP contribution in [-0.2, 0) is 17.3 Å². The first-order valence-corrected chi connectivity index (χ1v) is 13.6. The van der Waals surface area contributed by atoms with Crippen LogP contribution in [0.3, 0.4) is 0 Å². The maximum absolute atomic E-state index is 13.3. The number of piperazine rings is 1. The van der Waals surface area contributed by atoms with Crippen molar-refractivity contribution in [1.29, 1.82) is 0 Å². The molecule has 0 unspecified atom stereocenters. The minimum Gasteiger partial charge on any atom is -0.444 e. The van der Waals surface area contributed by atoms with Crippen LogP contribution in [0.1, 0.15) is 57.7 Å². The minimum atomic E-state index is -4.80. The Bertz CT molecular complexity index is 1200. The zero-order chi connectivity index (χ0) is 29.1. The third-order valence-corrected chi connectivity index (χ3v) is 7.31. The molecule has 2 fully saturated rings. The molecule has 0 radical (unpaired) electrons. The standard InChI is InChI=1S/C28H36F3N5O4/c1-27(2,3)40-26(37)35-14-12-34(13-15-35)23-10-11-32-22(17-23)16-19-4-6-20(7-5-19)33-21-8-9-25(36(38)39)24(18-21)28(29,30)31/h8-11,17-20,33H,4-7,12-16H2,1-3H3. The molecule has 1 aromatic heterocycles. The number of carbonyl (C=O) groups is 1. The molecule has 12 heteroatoms. The minimum absolute atomic E-state index is 0.000600. The van der Waals surface area contributed by atoms with Crippen molar-refractivity contribution in [2.24, 2.45) is 5.92 Å². The molecular formula is C28H36F3N5O4. The fraction of sp³-hybridized carbons (Fsp3) is 0.571. The van der Waals surface area contributed by atoms with Crippen LogP contribution in [0.15, 0.2) is 36.5 Å². The van der Waals surface area contributed by atoms with Gasteiger partial charge in [-0.3, -0.25) is 15.1 Å². The molecule has 1 aliphatic carbocycles. The fourth-order valence-corrected chi connectivity index (χ4v) is 5.30. The highest BCUT2D eigenvalue weighted by Crippen LogP contribution is 2.38. The van der Waals surface area contributed by atoms with Gasteiger partial charge in [0.1, 0.15) is 11.2 Å². The number of nitrogens with zero attached hydrogens (tertiary/aromatic N) is 4. The van der Waals surface area contributed by atoms with Gasteiger partial charge in [-0.1, -0.05) is 0 Å². The van der Waals surface area contributed by atoms with Crippen LogP contribution in [0.5, 0.6) is 0 Å². The number of amides is 1.